The Morgan fingerprint density at radius 3 is 1.80 bits per heavy atom. The van der Waals surface area contributed by atoms with Crippen molar-refractivity contribution < 1.29 is 33.5 Å². The van der Waals surface area contributed by atoms with Crippen LogP contribution in [0.25, 0.3) is 0 Å². The summed E-state index contributed by atoms with van der Waals surface area (Å²) in [5.74, 6) is -2.51. The van der Waals surface area contributed by atoms with E-state index in [0.717, 1.165) is 22.3 Å². The third-order valence-electron chi connectivity index (χ3n) is 6.07. The fourth-order valence-electron chi connectivity index (χ4n) is 3.60. The Labute approximate surface area is 269 Å². The fourth-order valence-corrected chi connectivity index (χ4v) is 3.60. The number of carbonyl (C=O) groups is 6. The maximum absolute atomic E-state index is 11.2. The summed E-state index contributed by atoms with van der Waals surface area (Å²) in [4.78, 5) is 66.5. The van der Waals surface area contributed by atoms with E-state index in [9.17, 15) is 28.8 Å². The summed E-state index contributed by atoms with van der Waals surface area (Å²) in [6, 6.07) is 24.5. The van der Waals surface area contributed by atoms with Gasteiger partial charge in [-0.15, -0.1) is 0 Å². The number of methoxy groups -OCH3 is 1. The second-order valence-corrected chi connectivity index (χ2v) is 9.69. The summed E-state index contributed by atoms with van der Waals surface area (Å²) < 4.78 is 5.10. The van der Waals surface area contributed by atoms with E-state index in [1.54, 1.807) is 27.1 Å². The summed E-state index contributed by atoms with van der Waals surface area (Å²) in [5, 5.41) is 10.3. The lowest BCUT2D eigenvalue weighted by molar-refractivity contribution is -0.137. The van der Waals surface area contributed by atoms with E-state index in [4.69, 9.17) is 10.5 Å². The van der Waals surface area contributed by atoms with E-state index < -0.39 is 29.3 Å². The third kappa shape index (κ3) is 15.5. The smallest absolute Gasteiger partial charge is 0.289 e. The predicted octanol–water partition coefficient (Wildman–Crippen LogP) is 1.52. The molecular weight excluding hydrogens is 590 g/mol. The quantitative estimate of drug-likeness (QED) is 0.164. The van der Waals surface area contributed by atoms with Crippen molar-refractivity contribution in [2.75, 3.05) is 27.2 Å². The van der Waals surface area contributed by atoms with Crippen LogP contribution in [0.3, 0.4) is 0 Å². The number of ketones is 3. The highest BCUT2D eigenvalue weighted by molar-refractivity contribution is 6.37. The lowest BCUT2D eigenvalue weighted by Crippen LogP contribution is -2.35. The molecule has 0 saturated heterocycles. The van der Waals surface area contributed by atoms with Crippen molar-refractivity contribution >= 4 is 35.1 Å². The lowest BCUT2D eigenvalue weighted by atomic mass is 10.1. The molecule has 46 heavy (non-hydrogen) atoms. The molecule has 3 aromatic carbocycles. The Morgan fingerprint density at radius 1 is 0.674 bits per heavy atom. The molecule has 0 heterocycles. The second kappa shape index (κ2) is 22.3. The van der Waals surface area contributed by atoms with Crippen LogP contribution in [0.2, 0.25) is 0 Å². The number of aryl methyl sites for hydroxylation is 1. The summed E-state index contributed by atoms with van der Waals surface area (Å²) >= 11 is 0. The highest BCUT2D eigenvalue weighted by Gasteiger charge is 2.12. The van der Waals surface area contributed by atoms with Gasteiger partial charge in [-0.1, -0.05) is 85.3 Å². The molecule has 0 radical (unpaired) electrons. The predicted molar refractivity (Wildman–Crippen MR) is 174 cm³/mol. The van der Waals surface area contributed by atoms with Gasteiger partial charge >= 0.3 is 0 Å². The molecule has 0 aromatic heterocycles. The number of Topliss-reactive ketones (excluding diaryl/α,β-unsaturated/α-hetero) is 3. The van der Waals surface area contributed by atoms with Gasteiger partial charge in [-0.3, -0.25) is 28.8 Å². The Kier molecular flexibility index (Phi) is 18.8. The highest BCUT2D eigenvalue weighted by Crippen LogP contribution is 2.16. The number of rotatable bonds is 14. The molecule has 0 unspecified atom stereocenters. The third-order valence-corrected chi connectivity index (χ3v) is 6.07. The number of ether oxygens (including phenoxy) is 1. The number of carbonyl (C=O) groups excluding carboxylic acids is 6. The molecule has 0 fully saturated rings. The Hall–Kier alpha value is -5.20. The van der Waals surface area contributed by atoms with Crippen LogP contribution in [0.5, 0.6) is 5.75 Å². The van der Waals surface area contributed by atoms with Gasteiger partial charge < -0.3 is 31.7 Å². The molecule has 3 aromatic rings. The van der Waals surface area contributed by atoms with E-state index in [2.05, 4.69) is 21.3 Å². The Balaban J connectivity index is 0.000000345. The number of hydrogen-bond donors (Lipinski definition) is 5. The van der Waals surface area contributed by atoms with E-state index in [0.29, 0.717) is 18.8 Å². The summed E-state index contributed by atoms with van der Waals surface area (Å²) in [7, 11) is 3.17. The first-order chi connectivity index (χ1) is 22.1. The van der Waals surface area contributed by atoms with Crippen LogP contribution in [0, 0.1) is 6.92 Å². The monoisotopic (exact) mass is 633 g/mol. The zero-order chi connectivity index (χ0) is 34.3. The van der Waals surface area contributed by atoms with Crippen LogP contribution in [0.15, 0.2) is 78.9 Å². The molecule has 0 spiro atoms. The molecule has 3 rings (SSSR count). The Morgan fingerprint density at radius 2 is 1.22 bits per heavy atom. The first-order valence-corrected chi connectivity index (χ1v) is 14.5. The second-order valence-electron chi connectivity index (χ2n) is 9.69. The van der Waals surface area contributed by atoms with Crippen LogP contribution < -0.4 is 31.7 Å². The topological polar surface area (TPSA) is 186 Å². The minimum Gasteiger partial charge on any atom is -0.496 e. The van der Waals surface area contributed by atoms with Crippen molar-refractivity contribution in [3.8, 4) is 5.75 Å². The van der Waals surface area contributed by atoms with E-state index in [1.165, 1.54) is 0 Å². The summed E-state index contributed by atoms with van der Waals surface area (Å²) in [6.07, 6.45) is 0.250. The van der Waals surface area contributed by atoms with Crippen molar-refractivity contribution in [3.05, 3.63) is 101 Å². The van der Waals surface area contributed by atoms with Crippen LogP contribution in [0.4, 0.5) is 0 Å². The largest absolute Gasteiger partial charge is 0.496 e. The van der Waals surface area contributed by atoms with Gasteiger partial charge in [-0.05, 0) is 31.2 Å². The fraction of sp³-hybridized carbons (Fsp3) is 0.294. The van der Waals surface area contributed by atoms with Gasteiger partial charge in [0.15, 0.2) is 0 Å². The van der Waals surface area contributed by atoms with Gasteiger partial charge in [0.1, 0.15) is 5.75 Å². The van der Waals surface area contributed by atoms with Crippen molar-refractivity contribution in [2.24, 2.45) is 5.73 Å². The van der Waals surface area contributed by atoms with E-state index >= 15 is 0 Å². The summed E-state index contributed by atoms with van der Waals surface area (Å²) in [6.45, 7) is 4.49. The first kappa shape index (κ1) is 38.8. The van der Waals surface area contributed by atoms with Crippen molar-refractivity contribution in [1.29, 1.82) is 0 Å². The number of nitrogens with two attached hydrogens (primary N) is 1. The molecule has 246 valence electrons. The number of nitrogens with one attached hydrogen (secondary N) is 4. The first-order valence-electron chi connectivity index (χ1n) is 14.5. The van der Waals surface area contributed by atoms with Gasteiger partial charge in [0.25, 0.3) is 17.7 Å². The van der Waals surface area contributed by atoms with E-state index in [-0.39, 0.29) is 31.8 Å². The molecule has 12 nitrogen and oxygen atoms in total. The van der Waals surface area contributed by atoms with Gasteiger partial charge in [0.2, 0.25) is 17.3 Å². The molecule has 0 aliphatic heterocycles. The van der Waals surface area contributed by atoms with Crippen molar-refractivity contribution in [1.82, 2.24) is 21.3 Å². The number of amides is 3. The minimum atomic E-state index is -0.673. The minimum absolute atomic E-state index is 0.0701. The molecule has 0 saturated carbocycles. The van der Waals surface area contributed by atoms with Gasteiger partial charge in [-0.25, -0.2) is 0 Å². The molecule has 12 heteroatoms. The average Bonchev–Trinajstić information content (AvgIpc) is 3.08. The van der Waals surface area contributed by atoms with Gasteiger partial charge in [0, 0.05) is 31.6 Å². The molecule has 0 atom stereocenters. The van der Waals surface area contributed by atoms with Crippen LogP contribution in [-0.4, -0.2) is 62.3 Å². The maximum Gasteiger partial charge on any atom is 0.289 e. The zero-order valence-electron chi connectivity index (χ0n) is 26.7. The SMILES string of the molecule is CCC(=O)C(=O)NCc1cccc(C)c1.CNCC(=O)C(=O)NCc1ccccc1.COc1ccccc1CNC(=O)C(=O)CN. The van der Waals surface area contributed by atoms with Crippen molar-refractivity contribution in [3.63, 3.8) is 0 Å². The van der Waals surface area contributed by atoms with Crippen LogP contribution in [-0.2, 0) is 48.4 Å². The maximum atomic E-state index is 11.2. The number of para-hydroxylation sites is 1. The summed E-state index contributed by atoms with van der Waals surface area (Å²) in [5.41, 5.74) is 9.00. The molecule has 3 amide bonds. The normalized spacial score (nSPS) is 9.67. The highest BCUT2D eigenvalue weighted by atomic mass is 16.5. The zero-order valence-corrected chi connectivity index (χ0v) is 26.7. The van der Waals surface area contributed by atoms with Crippen molar-refractivity contribution in [2.45, 2.75) is 39.9 Å². The molecule has 0 bridgehead atoms. The number of hydrogen-bond acceptors (Lipinski definition) is 9. The van der Waals surface area contributed by atoms with Crippen LogP contribution >= 0.6 is 0 Å². The average molecular weight is 634 g/mol. The van der Waals surface area contributed by atoms with Gasteiger partial charge in [-0.2, -0.15) is 0 Å². The molecule has 0 aliphatic carbocycles. The molecule has 0 aliphatic rings. The lowest BCUT2D eigenvalue weighted by Gasteiger charge is -2.08. The number of likely N-dealkylation sites (N-methyl/N-ethyl adjacent to an activating group) is 1. The standard InChI is InChI=1S/C12H15NO2.C11H14N2O3.C11H14N2O2/c1-3-11(14)12(15)13-8-10-6-4-5-9(2)7-10;1-16-10-5-3-2-4-8(10)7-13-11(15)9(14)6-12;1-12-8-10(14)11(15)13-7-9-5-3-2-4-6-9/h4-7H,3,8H2,1-2H3,(H,13,15);2-5H,6-7,12H2,1H3,(H,13,15);2-6,12H,7-8H2,1H3,(H,13,15). The Bertz CT molecular complexity index is 1440. The molecular formula is C34H43N5O7. The number of benzene rings is 3. The van der Waals surface area contributed by atoms with Crippen LogP contribution in [0.1, 0.15) is 35.6 Å². The van der Waals surface area contributed by atoms with Gasteiger partial charge in [0.05, 0.1) is 20.2 Å². The van der Waals surface area contributed by atoms with E-state index in [1.807, 2.05) is 79.7 Å². The molecule has 6 N–H and O–H groups in total.